The third-order valence-corrected chi connectivity index (χ3v) is 4.28. The van der Waals surface area contributed by atoms with Crippen LogP contribution in [0.5, 0.6) is 0 Å². The average Bonchev–Trinajstić information content (AvgIpc) is 3.09. The third kappa shape index (κ3) is 5.34. The molecular weight excluding hydrogens is 407 g/mol. The van der Waals surface area contributed by atoms with Gasteiger partial charge in [-0.25, -0.2) is 0 Å². The Labute approximate surface area is 156 Å². The average molecular weight is 436 g/mol. The number of aryl methyl sites for hydroxylation is 2. The lowest BCUT2D eigenvalue weighted by Crippen LogP contribution is -2.42. The number of hydrogen-bond donors (Lipinski definition) is 1. The topological polar surface area (TPSA) is 62.9 Å². The molecule has 1 saturated heterocycles. The van der Waals surface area contributed by atoms with Crippen LogP contribution in [0.2, 0.25) is 0 Å². The number of guanidine groups is 1. The molecule has 2 rings (SSSR count). The number of halogens is 1. The van der Waals surface area contributed by atoms with Gasteiger partial charge < -0.3 is 19.5 Å². The Kier molecular flexibility index (Phi) is 8.32. The van der Waals surface area contributed by atoms with Crippen molar-refractivity contribution in [2.75, 3.05) is 40.4 Å². The molecule has 1 aromatic heterocycles. The van der Waals surface area contributed by atoms with Crippen molar-refractivity contribution < 1.29 is 9.26 Å². The Balaban J connectivity index is 0.00000264. The molecule has 0 radical (unpaired) electrons. The Morgan fingerprint density at radius 3 is 2.74 bits per heavy atom. The van der Waals surface area contributed by atoms with Crippen molar-refractivity contribution in [3.05, 3.63) is 17.0 Å². The number of nitrogens with zero attached hydrogens (tertiary/aromatic N) is 3. The fraction of sp³-hybridized carbons (Fsp3) is 0.750. The van der Waals surface area contributed by atoms with Crippen LogP contribution >= 0.6 is 24.0 Å². The zero-order valence-electron chi connectivity index (χ0n) is 14.8. The highest BCUT2D eigenvalue weighted by atomic mass is 127. The number of aromatic nitrogens is 1. The smallest absolute Gasteiger partial charge is 0.193 e. The summed E-state index contributed by atoms with van der Waals surface area (Å²) in [7, 11) is 3.90. The van der Waals surface area contributed by atoms with Gasteiger partial charge >= 0.3 is 0 Å². The first-order valence-electron chi connectivity index (χ1n) is 7.95. The highest BCUT2D eigenvalue weighted by molar-refractivity contribution is 14.0. The molecule has 0 spiro atoms. The summed E-state index contributed by atoms with van der Waals surface area (Å²) in [5, 5.41) is 7.48. The minimum Gasteiger partial charge on any atom is -0.381 e. The second kappa shape index (κ2) is 9.46. The van der Waals surface area contributed by atoms with Crippen LogP contribution in [0.4, 0.5) is 0 Å². The Hall–Kier alpha value is -0.830. The molecule has 2 atom stereocenters. The van der Waals surface area contributed by atoms with Crippen LogP contribution in [0.1, 0.15) is 36.3 Å². The molecule has 2 unspecified atom stereocenters. The standard InChI is InChI=1S/C16H28N4O2.HI/c1-11(15-12(2)19-22-13(15)3)8-18-16(17-4)20(5)9-14-6-7-21-10-14;/h11,14H,6-10H2,1-5H3,(H,17,18);1H. The highest BCUT2D eigenvalue weighted by Gasteiger charge is 2.20. The number of aliphatic imine (C=N–C) groups is 1. The molecule has 1 aliphatic rings. The molecule has 6 nitrogen and oxygen atoms in total. The van der Waals surface area contributed by atoms with E-state index in [0.29, 0.717) is 11.8 Å². The second-order valence-electron chi connectivity index (χ2n) is 6.18. The molecule has 1 fully saturated rings. The minimum absolute atomic E-state index is 0. The van der Waals surface area contributed by atoms with Crippen LogP contribution in [0, 0.1) is 19.8 Å². The van der Waals surface area contributed by atoms with Crippen molar-refractivity contribution in [1.82, 2.24) is 15.4 Å². The molecule has 0 aromatic carbocycles. The van der Waals surface area contributed by atoms with Gasteiger partial charge in [-0.05, 0) is 20.3 Å². The summed E-state index contributed by atoms with van der Waals surface area (Å²) in [5.74, 6) is 2.75. The minimum atomic E-state index is 0. The van der Waals surface area contributed by atoms with E-state index >= 15 is 0 Å². The maximum Gasteiger partial charge on any atom is 0.193 e. The number of nitrogens with one attached hydrogen (secondary N) is 1. The van der Waals surface area contributed by atoms with E-state index in [1.54, 1.807) is 0 Å². The van der Waals surface area contributed by atoms with Crippen LogP contribution in [0.3, 0.4) is 0 Å². The van der Waals surface area contributed by atoms with E-state index in [0.717, 1.165) is 50.1 Å². The van der Waals surface area contributed by atoms with E-state index in [4.69, 9.17) is 9.26 Å². The third-order valence-electron chi connectivity index (χ3n) is 4.28. The predicted molar refractivity (Wildman–Crippen MR) is 103 cm³/mol. The summed E-state index contributed by atoms with van der Waals surface area (Å²) in [5.41, 5.74) is 2.16. The van der Waals surface area contributed by atoms with Gasteiger partial charge in [0.15, 0.2) is 5.96 Å². The zero-order chi connectivity index (χ0) is 16.1. The lowest BCUT2D eigenvalue weighted by Gasteiger charge is -2.25. The van der Waals surface area contributed by atoms with Crippen molar-refractivity contribution in [3.63, 3.8) is 0 Å². The van der Waals surface area contributed by atoms with Gasteiger partial charge in [-0.1, -0.05) is 12.1 Å². The molecule has 0 saturated carbocycles. The largest absolute Gasteiger partial charge is 0.381 e. The SMILES string of the molecule is CN=C(NCC(C)c1c(C)noc1C)N(C)CC1CCOC1.I. The predicted octanol–water partition coefficient (Wildman–Crippen LogP) is 2.56. The van der Waals surface area contributed by atoms with E-state index in [2.05, 4.69) is 34.3 Å². The summed E-state index contributed by atoms with van der Waals surface area (Å²) < 4.78 is 10.7. The molecule has 132 valence electrons. The molecule has 1 aliphatic heterocycles. The van der Waals surface area contributed by atoms with Crippen molar-refractivity contribution >= 4 is 29.9 Å². The highest BCUT2D eigenvalue weighted by Crippen LogP contribution is 2.22. The monoisotopic (exact) mass is 436 g/mol. The van der Waals surface area contributed by atoms with E-state index in [1.807, 2.05) is 20.9 Å². The molecular formula is C16H29IN4O2. The molecule has 0 bridgehead atoms. The van der Waals surface area contributed by atoms with Gasteiger partial charge in [0.1, 0.15) is 5.76 Å². The van der Waals surface area contributed by atoms with Gasteiger partial charge in [-0.15, -0.1) is 24.0 Å². The first-order valence-corrected chi connectivity index (χ1v) is 7.95. The van der Waals surface area contributed by atoms with Crippen molar-refractivity contribution in [1.29, 1.82) is 0 Å². The van der Waals surface area contributed by atoms with Gasteiger partial charge in [-0.3, -0.25) is 4.99 Å². The molecule has 7 heteroatoms. The van der Waals surface area contributed by atoms with E-state index in [1.165, 1.54) is 5.56 Å². The van der Waals surface area contributed by atoms with Gasteiger partial charge in [0, 0.05) is 51.2 Å². The summed E-state index contributed by atoms with van der Waals surface area (Å²) in [6.45, 7) is 9.65. The first kappa shape index (κ1) is 20.2. The van der Waals surface area contributed by atoms with Crippen molar-refractivity contribution in [3.8, 4) is 0 Å². The van der Waals surface area contributed by atoms with Crippen LogP contribution in [0.15, 0.2) is 9.52 Å². The van der Waals surface area contributed by atoms with E-state index in [9.17, 15) is 0 Å². The normalized spacial score (nSPS) is 19.3. The van der Waals surface area contributed by atoms with Crippen LogP contribution in [-0.4, -0.2) is 56.4 Å². The Bertz CT molecular complexity index is 493. The maximum absolute atomic E-state index is 5.44. The molecule has 0 aliphatic carbocycles. The maximum atomic E-state index is 5.44. The van der Waals surface area contributed by atoms with Gasteiger partial charge in [0.05, 0.1) is 12.3 Å². The Morgan fingerprint density at radius 2 is 2.22 bits per heavy atom. The zero-order valence-corrected chi connectivity index (χ0v) is 17.1. The number of ether oxygens (including phenoxy) is 1. The second-order valence-corrected chi connectivity index (χ2v) is 6.18. The lowest BCUT2D eigenvalue weighted by atomic mass is 10.00. The quantitative estimate of drug-likeness (QED) is 0.437. The summed E-state index contributed by atoms with van der Waals surface area (Å²) in [4.78, 5) is 6.56. The van der Waals surface area contributed by atoms with Gasteiger partial charge in [-0.2, -0.15) is 0 Å². The lowest BCUT2D eigenvalue weighted by molar-refractivity contribution is 0.181. The van der Waals surface area contributed by atoms with Crippen LogP contribution in [0.25, 0.3) is 0 Å². The van der Waals surface area contributed by atoms with Crippen LogP contribution < -0.4 is 5.32 Å². The molecule has 1 aromatic rings. The molecule has 1 N–H and O–H groups in total. The summed E-state index contributed by atoms with van der Waals surface area (Å²) in [6.07, 6.45) is 1.14. The fourth-order valence-corrected chi connectivity index (χ4v) is 3.13. The summed E-state index contributed by atoms with van der Waals surface area (Å²) in [6, 6.07) is 0. The van der Waals surface area contributed by atoms with Crippen LogP contribution in [-0.2, 0) is 4.74 Å². The van der Waals surface area contributed by atoms with E-state index in [-0.39, 0.29) is 24.0 Å². The van der Waals surface area contributed by atoms with Crippen molar-refractivity contribution in [2.24, 2.45) is 10.9 Å². The van der Waals surface area contributed by atoms with Gasteiger partial charge in [0.25, 0.3) is 0 Å². The summed E-state index contributed by atoms with van der Waals surface area (Å²) >= 11 is 0. The Morgan fingerprint density at radius 1 is 1.48 bits per heavy atom. The van der Waals surface area contributed by atoms with E-state index < -0.39 is 0 Å². The van der Waals surface area contributed by atoms with Gasteiger partial charge in [0.2, 0.25) is 0 Å². The molecule has 2 heterocycles. The fourth-order valence-electron chi connectivity index (χ4n) is 3.13. The molecule has 23 heavy (non-hydrogen) atoms. The number of hydrogen-bond acceptors (Lipinski definition) is 4. The number of rotatable bonds is 5. The molecule has 0 amide bonds. The first-order chi connectivity index (χ1) is 10.5. The van der Waals surface area contributed by atoms with Crippen molar-refractivity contribution in [2.45, 2.75) is 33.1 Å².